The number of H-pyrrole nitrogens is 1. The number of hydrogen-bond acceptors (Lipinski definition) is 3. The van der Waals surface area contributed by atoms with Gasteiger partial charge >= 0.3 is 5.97 Å². The van der Waals surface area contributed by atoms with E-state index in [4.69, 9.17) is 5.11 Å². The number of benzene rings is 1. The molecule has 25 heavy (non-hydrogen) atoms. The molecule has 0 radical (unpaired) electrons. The molecule has 2 fully saturated rings. The minimum atomic E-state index is -0.897. The number of carbonyl (C=O) groups is 3. The topological polar surface area (TPSA) is 93.7 Å². The lowest BCUT2D eigenvalue weighted by atomic mass is 10.2. The molecule has 1 aromatic carbocycles. The van der Waals surface area contributed by atoms with Crippen LogP contribution in [0.1, 0.15) is 16.9 Å². The first-order chi connectivity index (χ1) is 12.0. The molecule has 2 aromatic rings. The number of aromatic amines is 1. The summed E-state index contributed by atoms with van der Waals surface area (Å²) in [6, 6.07) is 9.57. The fourth-order valence-corrected chi connectivity index (χ4v) is 3.46. The van der Waals surface area contributed by atoms with Gasteiger partial charge in [-0.05, 0) is 18.6 Å². The molecule has 2 N–H and O–H groups in total. The molecule has 0 spiro atoms. The number of nitrogens with zero attached hydrogens (tertiary/aromatic N) is 2. The molecule has 2 atom stereocenters. The Kier molecular flexibility index (Phi) is 3.71. The molecule has 1 aliphatic heterocycles. The predicted octanol–water partition coefficient (Wildman–Crippen LogP) is 1.17. The van der Waals surface area contributed by atoms with Crippen LogP contribution in [0.5, 0.6) is 0 Å². The average molecular weight is 341 g/mol. The summed E-state index contributed by atoms with van der Waals surface area (Å²) in [5, 5.41) is 9.94. The van der Waals surface area contributed by atoms with E-state index >= 15 is 0 Å². The van der Waals surface area contributed by atoms with Crippen LogP contribution in [-0.2, 0) is 9.59 Å². The number of rotatable bonds is 3. The monoisotopic (exact) mass is 341 g/mol. The number of hydrogen-bond donors (Lipinski definition) is 2. The number of carboxylic acids is 1. The van der Waals surface area contributed by atoms with Gasteiger partial charge in [0.2, 0.25) is 5.91 Å². The van der Waals surface area contributed by atoms with Crippen LogP contribution in [0.3, 0.4) is 0 Å². The molecular formula is C18H19N3O4. The molecule has 1 aromatic heterocycles. The lowest BCUT2D eigenvalue weighted by molar-refractivity contribution is -0.142. The maximum absolute atomic E-state index is 12.6. The zero-order valence-electron chi connectivity index (χ0n) is 13.6. The van der Waals surface area contributed by atoms with Crippen LogP contribution in [-0.4, -0.2) is 63.9 Å². The van der Waals surface area contributed by atoms with Crippen LogP contribution in [0, 0.1) is 11.8 Å². The maximum Gasteiger partial charge on any atom is 0.307 e. The summed E-state index contributed by atoms with van der Waals surface area (Å²) in [6.07, 6.45) is 0.433. The van der Waals surface area contributed by atoms with Crippen LogP contribution in [0.25, 0.3) is 10.9 Å². The Labute approximate surface area is 144 Å². The Morgan fingerprint density at radius 3 is 2.32 bits per heavy atom. The van der Waals surface area contributed by atoms with Gasteiger partial charge in [0.05, 0.1) is 11.8 Å². The van der Waals surface area contributed by atoms with Crippen molar-refractivity contribution in [2.24, 2.45) is 11.8 Å². The molecule has 1 saturated carbocycles. The number of aliphatic carboxylic acids is 1. The van der Waals surface area contributed by atoms with E-state index < -0.39 is 11.9 Å². The standard InChI is InChI=1S/C18H19N3O4/c22-16(12-10-13(12)18(24)25)20-5-7-21(8-6-20)17(23)15-9-11-3-1-2-4-14(11)19-15/h1-4,9,12-13,19H,5-8,10H2,(H,24,25). The Hall–Kier alpha value is -2.83. The molecule has 4 rings (SSSR count). The van der Waals surface area contributed by atoms with Crippen LogP contribution in [0.4, 0.5) is 0 Å². The number of carbonyl (C=O) groups excluding carboxylic acids is 2. The second-order valence-electron chi connectivity index (χ2n) is 6.67. The van der Waals surface area contributed by atoms with E-state index in [9.17, 15) is 14.4 Å². The van der Waals surface area contributed by atoms with E-state index in [2.05, 4.69) is 4.98 Å². The minimum absolute atomic E-state index is 0.0712. The van der Waals surface area contributed by atoms with E-state index in [-0.39, 0.29) is 17.7 Å². The Bertz CT molecular complexity index is 818. The van der Waals surface area contributed by atoms with Crippen LogP contribution in [0.15, 0.2) is 30.3 Å². The van der Waals surface area contributed by atoms with Crippen molar-refractivity contribution < 1.29 is 19.5 Å². The fraction of sp³-hybridized carbons (Fsp3) is 0.389. The van der Waals surface area contributed by atoms with Gasteiger partial charge < -0.3 is 19.9 Å². The molecule has 1 aliphatic carbocycles. The van der Waals surface area contributed by atoms with Crippen molar-refractivity contribution in [3.05, 3.63) is 36.0 Å². The van der Waals surface area contributed by atoms with Crippen LogP contribution < -0.4 is 0 Å². The highest BCUT2D eigenvalue weighted by Gasteiger charge is 2.50. The predicted molar refractivity (Wildman–Crippen MR) is 90.0 cm³/mol. The third-order valence-corrected chi connectivity index (χ3v) is 5.06. The first kappa shape index (κ1) is 15.7. The average Bonchev–Trinajstić information content (AvgIpc) is 3.32. The van der Waals surface area contributed by atoms with E-state index in [1.807, 2.05) is 30.3 Å². The zero-order chi connectivity index (χ0) is 17.6. The molecule has 2 heterocycles. The number of aromatic nitrogens is 1. The van der Waals surface area contributed by atoms with Crippen molar-refractivity contribution in [2.45, 2.75) is 6.42 Å². The normalized spacial score (nSPS) is 22.9. The molecule has 2 aliphatic rings. The molecule has 2 amide bonds. The summed E-state index contributed by atoms with van der Waals surface area (Å²) in [4.78, 5) is 42.4. The summed E-state index contributed by atoms with van der Waals surface area (Å²) in [5.41, 5.74) is 1.47. The molecule has 7 nitrogen and oxygen atoms in total. The summed E-state index contributed by atoms with van der Waals surface area (Å²) in [5.74, 6) is -1.97. The van der Waals surface area contributed by atoms with E-state index in [0.717, 1.165) is 10.9 Å². The van der Waals surface area contributed by atoms with E-state index in [1.165, 1.54) is 0 Å². The number of piperazine rings is 1. The molecule has 2 unspecified atom stereocenters. The quantitative estimate of drug-likeness (QED) is 0.876. The molecule has 1 saturated heterocycles. The highest BCUT2D eigenvalue weighted by Crippen LogP contribution is 2.40. The summed E-state index contributed by atoms with van der Waals surface area (Å²) >= 11 is 0. The first-order valence-electron chi connectivity index (χ1n) is 8.43. The van der Waals surface area contributed by atoms with E-state index in [0.29, 0.717) is 38.3 Å². The first-order valence-corrected chi connectivity index (χ1v) is 8.43. The van der Waals surface area contributed by atoms with Crippen molar-refractivity contribution in [2.75, 3.05) is 26.2 Å². The SMILES string of the molecule is O=C(O)C1CC1C(=O)N1CCN(C(=O)c2cc3ccccc3[nH]2)CC1. The smallest absolute Gasteiger partial charge is 0.307 e. The third-order valence-electron chi connectivity index (χ3n) is 5.06. The second-order valence-corrected chi connectivity index (χ2v) is 6.67. The van der Waals surface area contributed by atoms with Crippen molar-refractivity contribution in [1.29, 1.82) is 0 Å². The van der Waals surface area contributed by atoms with Gasteiger partial charge in [-0.2, -0.15) is 0 Å². The van der Waals surface area contributed by atoms with Crippen molar-refractivity contribution in [1.82, 2.24) is 14.8 Å². The van der Waals surface area contributed by atoms with Gasteiger partial charge in [-0.3, -0.25) is 14.4 Å². The number of fused-ring (bicyclic) bond motifs is 1. The van der Waals surface area contributed by atoms with Crippen molar-refractivity contribution in [3.8, 4) is 0 Å². The minimum Gasteiger partial charge on any atom is -0.481 e. The number of nitrogens with one attached hydrogen (secondary N) is 1. The van der Waals surface area contributed by atoms with Crippen molar-refractivity contribution in [3.63, 3.8) is 0 Å². The summed E-state index contributed by atoms with van der Waals surface area (Å²) < 4.78 is 0. The van der Waals surface area contributed by atoms with Gasteiger partial charge in [0.1, 0.15) is 5.69 Å². The number of amides is 2. The van der Waals surface area contributed by atoms with Crippen LogP contribution >= 0.6 is 0 Å². The molecule has 130 valence electrons. The highest BCUT2D eigenvalue weighted by atomic mass is 16.4. The Morgan fingerprint density at radius 1 is 1.00 bits per heavy atom. The van der Waals surface area contributed by atoms with Gasteiger partial charge in [-0.25, -0.2) is 0 Å². The van der Waals surface area contributed by atoms with Gasteiger partial charge in [-0.1, -0.05) is 18.2 Å². The molecular weight excluding hydrogens is 322 g/mol. The van der Waals surface area contributed by atoms with Gasteiger partial charge in [0.15, 0.2) is 0 Å². The summed E-state index contributed by atoms with van der Waals surface area (Å²) in [6.45, 7) is 1.83. The number of para-hydroxylation sites is 1. The van der Waals surface area contributed by atoms with Gasteiger partial charge in [0.25, 0.3) is 5.91 Å². The Morgan fingerprint density at radius 2 is 1.68 bits per heavy atom. The Balaban J connectivity index is 1.37. The molecule has 0 bridgehead atoms. The van der Waals surface area contributed by atoms with Gasteiger partial charge in [0, 0.05) is 37.1 Å². The maximum atomic E-state index is 12.6. The third kappa shape index (κ3) is 2.86. The van der Waals surface area contributed by atoms with E-state index in [1.54, 1.807) is 9.80 Å². The van der Waals surface area contributed by atoms with Crippen LogP contribution in [0.2, 0.25) is 0 Å². The van der Waals surface area contributed by atoms with Crippen molar-refractivity contribution >= 4 is 28.7 Å². The lowest BCUT2D eigenvalue weighted by Crippen LogP contribution is -2.51. The van der Waals surface area contributed by atoms with Gasteiger partial charge in [-0.15, -0.1) is 0 Å². The largest absolute Gasteiger partial charge is 0.481 e. The fourth-order valence-electron chi connectivity index (χ4n) is 3.46. The summed E-state index contributed by atoms with van der Waals surface area (Å²) in [7, 11) is 0. The zero-order valence-corrected chi connectivity index (χ0v) is 13.6. The highest BCUT2D eigenvalue weighted by molar-refractivity contribution is 5.98. The number of carboxylic acid groups (broad SMARTS) is 1. The molecule has 7 heteroatoms. The second kappa shape index (κ2) is 5.91. The lowest BCUT2D eigenvalue weighted by Gasteiger charge is -2.34.